The molecule has 34 heavy (non-hydrogen) atoms. The SMILES string of the molecule is CCOc1cc(/C=N\NC(=O)c2ccc(C)nc2)ccc1Oc1ccc([N+](=O)[O-])cc1[N+](=O)[O-]. The lowest BCUT2D eigenvalue weighted by Gasteiger charge is -2.12. The number of benzene rings is 2. The number of nitrogens with one attached hydrogen (secondary N) is 1. The average molecular weight is 465 g/mol. The van der Waals surface area contributed by atoms with E-state index in [1.54, 1.807) is 31.2 Å². The molecule has 174 valence electrons. The number of hydrazone groups is 1. The van der Waals surface area contributed by atoms with Crippen LogP contribution < -0.4 is 14.9 Å². The van der Waals surface area contributed by atoms with Crippen molar-refractivity contribution in [3.8, 4) is 17.2 Å². The van der Waals surface area contributed by atoms with E-state index in [1.165, 1.54) is 18.5 Å². The minimum absolute atomic E-state index is 0.158. The molecule has 0 aliphatic heterocycles. The van der Waals surface area contributed by atoms with Gasteiger partial charge in [0.2, 0.25) is 5.75 Å². The monoisotopic (exact) mass is 465 g/mol. The number of aryl methyl sites for hydroxylation is 1. The first-order valence-corrected chi connectivity index (χ1v) is 9.92. The molecule has 1 aromatic heterocycles. The predicted molar refractivity (Wildman–Crippen MR) is 121 cm³/mol. The molecule has 1 amide bonds. The van der Waals surface area contributed by atoms with E-state index in [1.807, 2.05) is 6.92 Å². The zero-order valence-corrected chi connectivity index (χ0v) is 18.1. The lowest BCUT2D eigenvalue weighted by atomic mass is 10.2. The van der Waals surface area contributed by atoms with Gasteiger partial charge in [-0.25, -0.2) is 5.43 Å². The van der Waals surface area contributed by atoms with Crippen molar-refractivity contribution in [2.24, 2.45) is 5.10 Å². The molecular weight excluding hydrogens is 446 g/mol. The van der Waals surface area contributed by atoms with E-state index in [9.17, 15) is 25.0 Å². The molecule has 0 unspecified atom stereocenters. The summed E-state index contributed by atoms with van der Waals surface area (Å²) in [5.74, 6) is -0.199. The number of nitrogens with zero attached hydrogens (tertiary/aromatic N) is 4. The molecule has 12 nitrogen and oxygen atoms in total. The molecule has 0 spiro atoms. The lowest BCUT2D eigenvalue weighted by molar-refractivity contribution is -0.394. The third-order valence-corrected chi connectivity index (χ3v) is 4.39. The Labute approximate surface area is 193 Å². The van der Waals surface area contributed by atoms with Crippen LogP contribution in [0.3, 0.4) is 0 Å². The van der Waals surface area contributed by atoms with Gasteiger partial charge in [0.25, 0.3) is 11.6 Å². The minimum atomic E-state index is -0.768. The van der Waals surface area contributed by atoms with Crippen LogP contribution in [0, 0.1) is 27.2 Å². The number of rotatable bonds is 9. The Bertz CT molecular complexity index is 1260. The Kier molecular flexibility index (Phi) is 7.44. The van der Waals surface area contributed by atoms with E-state index in [4.69, 9.17) is 9.47 Å². The van der Waals surface area contributed by atoms with Crippen molar-refractivity contribution < 1.29 is 24.1 Å². The predicted octanol–water partition coefficient (Wildman–Crippen LogP) is 4.16. The fourth-order valence-corrected chi connectivity index (χ4v) is 2.76. The average Bonchev–Trinajstić information content (AvgIpc) is 2.81. The molecule has 0 aliphatic carbocycles. The Morgan fingerprint density at radius 3 is 2.47 bits per heavy atom. The van der Waals surface area contributed by atoms with E-state index in [2.05, 4.69) is 15.5 Å². The molecule has 0 aliphatic rings. The largest absolute Gasteiger partial charge is 0.490 e. The smallest absolute Gasteiger partial charge is 0.318 e. The van der Waals surface area contributed by atoms with Crippen LogP contribution in [0.1, 0.15) is 28.5 Å². The van der Waals surface area contributed by atoms with Crippen LogP contribution >= 0.6 is 0 Å². The zero-order chi connectivity index (χ0) is 24.7. The maximum atomic E-state index is 12.1. The van der Waals surface area contributed by atoms with E-state index < -0.39 is 27.1 Å². The molecule has 0 fully saturated rings. The summed E-state index contributed by atoms with van der Waals surface area (Å²) in [5, 5.41) is 26.2. The summed E-state index contributed by atoms with van der Waals surface area (Å²) in [6, 6.07) is 11.1. The number of pyridine rings is 1. The van der Waals surface area contributed by atoms with Crippen molar-refractivity contribution in [3.63, 3.8) is 0 Å². The van der Waals surface area contributed by atoms with Crippen molar-refractivity contribution in [2.75, 3.05) is 6.61 Å². The van der Waals surface area contributed by atoms with Gasteiger partial charge in [0.15, 0.2) is 11.5 Å². The number of nitro benzene ring substituents is 2. The number of non-ortho nitro benzene ring substituents is 1. The molecule has 0 saturated heterocycles. The van der Waals surface area contributed by atoms with Gasteiger partial charge in [0, 0.05) is 18.0 Å². The molecule has 1 heterocycles. The van der Waals surface area contributed by atoms with Gasteiger partial charge in [-0.05, 0) is 55.8 Å². The molecule has 3 aromatic rings. The molecule has 0 bridgehead atoms. The number of nitro groups is 2. The molecule has 3 rings (SSSR count). The molecule has 12 heteroatoms. The van der Waals surface area contributed by atoms with Crippen LogP contribution in [0.2, 0.25) is 0 Å². The molecule has 0 atom stereocenters. The first-order chi connectivity index (χ1) is 16.3. The summed E-state index contributed by atoms with van der Waals surface area (Å²) in [7, 11) is 0. The van der Waals surface area contributed by atoms with Crippen LogP contribution in [0.4, 0.5) is 11.4 Å². The van der Waals surface area contributed by atoms with Crippen LogP contribution in [-0.4, -0.2) is 33.6 Å². The first kappa shape index (κ1) is 23.8. The fraction of sp³-hybridized carbons (Fsp3) is 0.136. The number of carbonyl (C=O) groups excluding carboxylic acids is 1. The standard InChI is InChI=1S/C22H19N5O7/c1-3-33-21-10-15(12-24-25-22(28)16-6-4-14(2)23-13-16)5-8-20(21)34-19-9-7-17(26(29)30)11-18(19)27(31)32/h4-13H,3H2,1-2H3,(H,25,28)/b24-12-. The number of ether oxygens (including phenoxy) is 2. The third kappa shape index (κ3) is 5.88. The van der Waals surface area contributed by atoms with E-state index >= 15 is 0 Å². The van der Waals surface area contributed by atoms with Crippen LogP contribution in [0.15, 0.2) is 59.8 Å². The second-order valence-corrected chi connectivity index (χ2v) is 6.79. The maximum absolute atomic E-state index is 12.1. The van der Waals surface area contributed by atoms with E-state index in [0.717, 1.165) is 23.9 Å². The molecule has 0 radical (unpaired) electrons. The minimum Gasteiger partial charge on any atom is -0.490 e. The Hall–Kier alpha value is -4.87. The zero-order valence-electron chi connectivity index (χ0n) is 18.1. The quantitative estimate of drug-likeness (QED) is 0.280. The Morgan fingerprint density at radius 2 is 1.82 bits per heavy atom. The van der Waals surface area contributed by atoms with Gasteiger partial charge in [-0.3, -0.25) is 30.0 Å². The number of amides is 1. The maximum Gasteiger partial charge on any atom is 0.318 e. The molecule has 0 saturated carbocycles. The van der Waals surface area contributed by atoms with Gasteiger partial charge < -0.3 is 9.47 Å². The molecular formula is C22H19N5O7. The summed E-state index contributed by atoms with van der Waals surface area (Å²) in [6.45, 7) is 3.83. The molecule has 2 aromatic carbocycles. The highest BCUT2D eigenvalue weighted by atomic mass is 16.6. The van der Waals surface area contributed by atoms with Gasteiger partial charge in [-0.1, -0.05) is 0 Å². The topological polar surface area (TPSA) is 159 Å². The number of aromatic nitrogens is 1. The van der Waals surface area contributed by atoms with E-state index in [0.29, 0.717) is 11.1 Å². The number of hydrogen-bond acceptors (Lipinski definition) is 9. The highest BCUT2D eigenvalue weighted by Crippen LogP contribution is 2.38. The Morgan fingerprint density at radius 1 is 1.06 bits per heavy atom. The summed E-state index contributed by atoms with van der Waals surface area (Å²) in [5.41, 5.74) is 3.09. The summed E-state index contributed by atoms with van der Waals surface area (Å²) in [6.07, 6.45) is 2.83. The van der Waals surface area contributed by atoms with Crippen molar-refractivity contribution in [1.82, 2.24) is 10.4 Å². The van der Waals surface area contributed by atoms with Gasteiger partial charge in [-0.2, -0.15) is 5.10 Å². The van der Waals surface area contributed by atoms with Crippen LogP contribution in [-0.2, 0) is 0 Å². The van der Waals surface area contributed by atoms with Crippen molar-refractivity contribution >= 4 is 23.5 Å². The van der Waals surface area contributed by atoms with Crippen LogP contribution in [0.25, 0.3) is 0 Å². The Balaban J connectivity index is 1.80. The van der Waals surface area contributed by atoms with E-state index in [-0.39, 0.29) is 23.9 Å². The first-order valence-electron chi connectivity index (χ1n) is 9.92. The second-order valence-electron chi connectivity index (χ2n) is 6.79. The fourth-order valence-electron chi connectivity index (χ4n) is 2.76. The van der Waals surface area contributed by atoms with Crippen LogP contribution in [0.5, 0.6) is 17.2 Å². The lowest BCUT2D eigenvalue weighted by Crippen LogP contribution is -2.17. The summed E-state index contributed by atoms with van der Waals surface area (Å²) >= 11 is 0. The number of carbonyl (C=O) groups is 1. The van der Waals surface area contributed by atoms with Gasteiger partial charge in [0.1, 0.15) is 0 Å². The number of hydrogen-bond donors (Lipinski definition) is 1. The summed E-state index contributed by atoms with van der Waals surface area (Å²) in [4.78, 5) is 37.0. The second kappa shape index (κ2) is 10.6. The normalized spacial score (nSPS) is 10.6. The van der Waals surface area contributed by atoms with Crippen molar-refractivity contribution in [1.29, 1.82) is 0 Å². The molecule has 1 N–H and O–H groups in total. The van der Waals surface area contributed by atoms with Gasteiger partial charge >= 0.3 is 5.69 Å². The summed E-state index contributed by atoms with van der Waals surface area (Å²) < 4.78 is 11.2. The highest BCUT2D eigenvalue weighted by molar-refractivity contribution is 5.94. The highest BCUT2D eigenvalue weighted by Gasteiger charge is 2.22. The van der Waals surface area contributed by atoms with Crippen molar-refractivity contribution in [3.05, 3.63) is 91.8 Å². The van der Waals surface area contributed by atoms with Gasteiger partial charge in [0.05, 0.1) is 34.3 Å². The third-order valence-electron chi connectivity index (χ3n) is 4.39. The van der Waals surface area contributed by atoms with Crippen molar-refractivity contribution in [2.45, 2.75) is 13.8 Å². The van der Waals surface area contributed by atoms with Gasteiger partial charge in [-0.15, -0.1) is 0 Å².